The molecule has 0 atom stereocenters. The van der Waals surface area contributed by atoms with Crippen molar-refractivity contribution in [2.75, 3.05) is 16.3 Å². The average Bonchev–Trinajstić information content (AvgIpc) is 3.15. The summed E-state index contributed by atoms with van der Waals surface area (Å²) in [5.41, 5.74) is 1.61. The molecule has 136 valence electrons. The molecule has 0 saturated heterocycles. The molecule has 0 saturated carbocycles. The minimum atomic E-state index is -3.43. The second-order valence-electron chi connectivity index (χ2n) is 5.17. The smallest absolute Gasteiger partial charge is 0.232 e. The van der Waals surface area contributed by atoms with Crippen molar-refractivity contribution in [3.05, 3.63) is 39.8 Å². The molecule has 1 amide bonds. The zero-order chi connectivity index (χ0) is 18.7. The first-order valence-electron chi connectivity index (χ1n) is 7.10. The summed E-state index contributed by atoms with van der Waals surface area (Å²) < 4.78 is 25.4. The number of carbonyl (C=O) groups excluding carboxylic acids is 1. The summed E-state index contributed by atoms with van der Waals surface area (Å²) in [4.78, 5) is 16.6. The van der Waals surface area contributed by atoms with Crippen molar-refractivity contribution < 1.29 is 13.2 Å². The number of thiazole rings is 1. The number of nitrogens with one attached hydrogen (secondary N) is 2. The van der Waals surface area contributed by atoms with Gasteiger partial charge < -0.3 is 5.32 Å². The molecule has 2 heterocycles. The van der Waals surface area contributed by atoms with E-state index in [2.05, 4.69) is 41.2 Å². The van der Waals surface area contributed by atoms with Crippen molar-refractivity contribution in [3.63, 3.8) is 0 Å². The number of sulfonamides is 1. The lowest BCUT2D eigenvalue weighted by molar-refractivity contribution is -0.115. The molecule has 0 aliphatic rings. The van der Waals surface area contributed by atoms with Gasteiger partial charge in [0.1, 0.15) is 5.01 Å². The number of anilines is 2. The molecule has 3 rings (SSSR count). The van der Waals surface area contributed by atoms with Crippen LogP contribution >= 0.6 is 38.6 Å². The predicted octanol–water partition coefficient (Wildman–Crippen LogP) is 2.98. The van der Waals surface area contributed by atoms with Crippen molar-refractivity contribution in [2.24, 2.45) is 0 Å². The molecule has 26 heavy (non-hydrogen) atoms. The maximum Gasteiger partial charge on any atom is 0.232 e. The molecule has 0 aliphatic heterocycles. The van der Waals surface area contributed by atoms with Crippen LogP contribution in [0.4, 0.5) is 10.3 Å². The number of halogens is 1. The Balaban J connectivity index is 1.62. The molecule has 2 aromatic heterocycles. The lowest BCUT2D eigenvalue weighted by Crippen LogP contribution is -2.14. The SMILES string of the molecule is CS(=O)(=O)Nc1nnc(NC(=O)Cc2csc(-c3cccc(Br)c3)n2)s1. The number of carbonyl (C=O) groups is 1. The number of nitrogens with zero attached hydrogens (tertiary/aromatic N) is 3. The van der Waals surface area contributed by atoms with Gasteiger partial charge in [-0.05, 0) is 12.1 Å². The molecule has 0 bridgehead atoms. The molecule has 0 radical (unpaired) electrons. The van der Waals surface area contributed by atoms with Crippen LogP contribution in [0.25, 0.3) is 10.6 Å². The van der Waals surface area contributed by atoms with E-state index in [1.165, 1.54) is 11.3 Å². The summed E-state index contributed by atoms with van der Waals surface area (Å²) in [6, 6.07) is 7.76. The van der Waals surface area contributed by atoms with E-state index in [1.807, 2.05) is 29.6 Å². The van der Waals surface area contributed by atoms with Gasteiger partial charge >= 0.3 is 0 Å². The van der Waals surface area contributed by atoms with E-state index >= 15 is 0 Å². The van der Waals surface area contributed by atoms with Crippen LogP contribution < -0.4 is 10.0 Å². The fraction of sp³-hybridized carbons (Fsp3) is 0.143. The highest BCUT2D eigenvalue weighted by atomic mass is 79.9. The zero-order valence-corrected chi connectivity index (χ0v) is 17.3. The van der Waals surface area contributed by atoms with Gasteiger partial charge in [0.2, 0.25) is 26.2 Å². The summed E-state index contributed by atoms with van der Waals surface area (Å²) >= 11 is 5.81. The van der Waals surface area contributed by atoms with Crippen LogP contribution in [-0.4, -0.2) is 35.8 Å². The molecule has 0 fully saturated rings. The van der Waals surface area contributed by atoms with E-state index in [0.717, 1.165) is 32.6 Å². The first-order valence-corrected chi connectivity index (χ1v) is 11.5. The predicted molar refractivity (Wildman–Crippen MR) is 106 cm³/mol. The maximum absolute atomic E-state index is 12.1. The summed E-state index contributed by atoms with van der Waals surface area (Å²) in [7, 11) is -3.43. The number of hydrogen-bond donors (Lipinski definition) is 2. The second-order valence-corrected chi connectivity index (χ2v) is 9.67. The van der Waals surface area contributed by atoms with E-state index in [1.54, 1.807) is 0 Å². The van der Waals surface area contributed by atoms with Crippen LogP contribution in [0.5, 0.6) is 0 Å². The quantitative estimate of drug-likeness (QED) is 0.568. The second kappa shape index (κ2) is 7.78. The minimum Gasteiger partial charge on any atom is -0.300 e. The van der Waals surface area contributed by atoms with Crippen LogP contribution in [0.3, 0.4) is 0 Å². The molecular formula is C14H12BrN5O3S3. The largest absolute Gasteiger partial charge is 0.300 e. The zero-order valence-electron chi connectivity index (χ0n) is 13.3. The first-order chi connectivity index (χ1) is 12.3. The van der Waals surface area contributed by atoms with Gasteiger partial charge in [-0.1, -0.05) is 39.4 Å². The molecule has 3 aromatic rings. The summed E-state index contributed by atoms with van der Waals surface area (Å²) in [5.74, 6) is -0.307. The van der Waals surface area contributed by atoms with Crippen molar-refractivity contribution in [1.82, 2.24) is 15.2 Å². The Morgan fingerprint density at radius 3 is 2.77 bits per heavy atom. The van der Waals surface area contributed by atoms with Gasteiger partial charge in [-0.15, -0.1) is 21.5 Å². The number of aromatic nitrogens is 3. The minimum absolute atomic E-state index is 0.0823. The van der Waals surface area contributed by atoms with Gasteiger partial charge in [0.05, 0.1) is 18.4 Å². The Bertz CT molecular complexity index is 1050. The van der Waals surface area contributed by atoms with Gasteiger partial charge in [-0.3, -0.25) is 9.52 Å². The Labute approximate surface area is 165 Å². The van der Waals surface area contributed by atoms with Crippen LogP contribution in [0.15, 0.2) is 34.1 Å². The number of amides is 1. The van der Waals surface area contributed by atoms with Gasteiger partial charge in [0.25, 0.3) is 0 Å². The molecule has 1 aromatic carbocycles. The molecule has 0 unspecified atom stereocenters. The van der Waals surface area contributed by atoms with Gasteiger partial charge in [-0.25, -0.2) is 13.4 Å². The Morgan fingerprint density at radius 2 is 2.04 bits per heavy atom. The molecular weight excluding hydrogens is 462 g/mol. The highest BCUT2D eigenvalue weighted by molar-refractivity contribution is 9.10. The fourth-order valence-corrected chi connectivity index (χ4v) is 4.65. The van der Waals surface area contributed by atoms with E-state index in [9.17, 15) is 13.2 Å². The Hall–Kier alpha value is -1.89. The summed E-state index contributed by atoms with van der Waals surface area (Å²) in [6.45, 7) is 0. The number of benzene rings is 1. The van der Waals surface area contributed by atoms with E-state index in [0.29, 0.717) is 5.69 Å². The molecule has 12 heteroatoms. The van der Waals surface area contributed by atoms with E-state index in [-0.39, 0.29) is 22.6 Å². The molecule has 0 aliphatic carbocycles. The average molecular weight is 474 g/mol. The molecule has 0 spiro atoms. The van der Waals surface area contributed by atoms with Crippen LogP contribution in [0.2, 0.25) is 0 Å². The van der Waals surface area contributed by atoms with Crippen LogP contribution in [0.1, 0.15) is 5.69 Å². The third-order valence-corrected chi connectivity index (χ3v) is 5.79. The van der Waals surface area contributed by atoms with Gasteiger partial charge in [0.15, 0.2) is 0 Å². The topological polar surface area (TPSA) is 114 Å². The van der Waals surface area contributed by atoms with Gasteiger partial charge in [0, 0.05) is 15.4 Å². The Kier molecular flexibility index (Phi) is 5.65. The summed E-state index contributed by atoms with van der Waals surface area (Å²) in [6.07, 6.45) is 1.09. The highest BCUT2D eigenvalue weighted by Gasteiger charge is 2.13. The lowest BCUT2D eigenvalue weighted by atomic mass is 10.2. The highest BCUT2D eigenvalue weighted by Crippen LogP contribution is 2.26. The number of hydrogen-bond acceptors (Lipinski definition) is 8. The monoisotopic (exact) mass is 473 g/mol. The van der Waals surface area contributed by atoms with E-state index < -0.39 is 10.0 Å². The summed E-state index contributed by atoms with van der Waals surface area (Å²) in [5, 5.41) is 12.9. The van der Waals surface area contributed by atoms with Crippen molar-refractivity contribution in [2.45, 2.75) is 6.42 Å². The third-order valence-electron chi connectivity index (χ3n) is 2.91. The molecule has 8 nitrogen and oxygen atoms in total. The first kappa shape index (κ1) is 18.9. The maximum atomic E-state index is 12.1. The standard InChI is InChI=1S/C14H12BrN5O3S3/c1-26(22,23)20-14-19-18-13(25-14)17-11(21)6-10-7-24-12(16-10)8-3-2-4-9(15)5-8/h2-5,7H,6H2,1H3,(H,19,20)(H,17,18,21). The van der Waals surface area contributed by atoms with Gasteiger partial charge in [-0.2, -0.15) is 0 Å². The normalized spacial score (nSPS) is 11.3. The lowest BCUT2D eigenvalue weighted by Gasteiger charge is -1.99. The van der Waals surface area contributed by atoms with Crippen LogP contribution in [-0.2, 0) is 21.2 Å². The van der Waals surface area contributed by atoms with Crippen LogP contribution in [0, 0.1) is 0 Å². The molecule has 2 N–H and O–H groups in total. The van der Waals surface area contributed by atoms with E-state index in [4.69, 9.17) is 0 Å². The van der Waals surface area contributed by atoms with Crippen molar-refractivity contribution in [3.8, 4) is 10.6 Å². The fourth-order valence-electron chi connectivity index (χ4n) is 1.94. The Morgan fingerprint density at radius 1 is 1.27 bits per heavy atom. The number of rotatable bonds is 6. The third kappa shape index (κ3) is 5.30. The van der Waals surface area contributed by atoms with Crippen molar-refractivity contribution in [1.29, 1.82) is 0 Å². The van der Waals surface area contributed by atoms with Crippen molar-refractivity contribution >= 4 is 64.8 Å².